The van der Waals surface area contributed by atoms with E-state index in [0.717, 1.165) is 10.8 Å². The minimum atomic E-state index is -0.468. The van der Waals surface area contributed by atoms with E-state index >= 15 is 0 Å². The van der Waals surface area contributed by atoms with Gasteiger partial charge in [0, 0.05) is 18.5 Å². The SMILES string of the molecule is Cc1ccc(-c2nc(CC(=O)OCC(=O)N3CCOCC3)cs2)o1. The van der Waals surface area contributed by atoms with Crippen molar-refractivity contribution in [1.29, 1.82) is 0 Å². The van der Waals surface area contributed by atoms with Gasteiger partial charge in [-0.25, -0.2) is 4.98 Å². The summed E-state index contributed by atoms with van der Waals surface area (Å²) < 4.78 is 15.7. The Bertz CT molecular complexity index is 718. The van der Waals surface area contributed by atoms with Crippen LogP contribution in [0.5, 0.6) is 0 Å². The van der Waals surface area contributed by atoms with Gasteiger partial charge >= 0.3 is 5.97 Å². The van der Waals surface area contributed by atoms with E-state index in [1.54, 1.807) is 10.3 Å². The second-order valence-corrected chi connectivity index (χ2v) is 6.24. The van der Waals surface area contributed by atoms with Gasteiger partial charge in [-0.2, -0.15) is 0 Å². The Morgan fingerprint density at radius 3 is 2.83 bits per heavy atom. The van der Waals surface area contributed by atoms with Crippen LogP contribution in [0, 0.1) is 6.92 Å². The number of carbonyl (C=O) groups excluding carboxylic acids is 2. The molecule has 1 aliphatic heterocycles. The van der Waals surface area contributed by atoms with Crippen LogP contribution in [-0.2, 0) is 25.5 Å². The van der Waals surface area contributed by atoms with E-state index in [0.29, 0.717) is 37.8 Å². The largest absolute Gasteiger partial charge is 0.459 e. The average molecular weight is 350 g/mol. The molecule has 1 saturated heterocycles. The lowest BCUT2D eigenvalue weighted by atomic mass is 10.3. The monoisotopic (exact) mass is 350 g/mol. The molecule has 3 rings (SSSR count). The third kappa shape index (κ3) is 4.21. The van der Waals surface area contributed by atoms with E-state index < -0.39 is 5.97 Å². The second-order valence-electron chi connectivity index (χ2n) is 5.38. The standard InChI is InChI=1S/C16H18N2O5S/c1-11-2-3-13(23-11)16-17-12(10-24-16)8-15(20)22-9-14(19)18-4-6-21-7-5-18/h2-3,10H,4-9H2,1H3. The van der Waals surface area contributed by atoms with Crippen molar-refractivity contribution in [2.45, 2.75) is 13.3 Å². The lowest BCUT2D eigenvalue weighted by molar-refractivity contribution is -0.153. The molecule has 0 bridgehead atoms. The van der Waals surface area contributed by atoms with Crippen molar-refractivity contribution in [1.82, 2.24) is 9.88 Å². The molecule has 1 aliphatic rings. The van der Waals surface area contributed by atoms with Gasteiger partial charge in [0.2, 0.25) is 0 Å². The van der Waals surface area contributed by atoms with Crippen LogP contribution >= 0.6 is 11.3 Å². The maximum Gasteiger partial charge on any atom is 0.312 e. The number of nitrogens with zero attached hydrogens (tertiary/aromatic N) is 2. The van der Waals surface area contributed by atoms with Gasteiger partial charge in [0.05, 0.1) is 25.3 Å². The molecule has 0 aromatic carbocycles. The van der Waals surface area contributed by atoms with Gasteiger partial charge in [-0.3, -0.25) is 9.59 Å². The Hall–Kier alpha value is -2.19. The normalized spacial score (nSPS) is 14.6. The Kier molecular flexibility index (Phi) is 5.27. The zero-order valence-electron chi connectivity index (χ0n) is 13.3. The fourth-order valence-electron chi connectivity index (χ4n) is 2.30. The minimum Gasteiger partial charge on any atom is -0.459 e. The Morgan fingerprint density at radius 2 is 2.12 bits per heavy atom. The quantitative estimate of drug-likeness (QED) is 0.763. The van der Waals surface area contributed by atoms with Crippen molar-refractivity contribution in [3.8, 4) is 10.8 Å². The Labute approximate surface area is 143 Å². The number of aryl methyl sites for hydroxylation is 1. The molecule has 1 amide bonds. The maximum absolute atomic E-state index is 11.9. The number of furan rings is 1. The fourth-order valence-corrected chi connectivity index (χ4v) is 3.08. The zero-order valence-corrected chi connectivity index (χ0v) is 14.1. The molecule has 2 aromatic heterocycles. The first-order chi connectivity index (χ1) is 11.6. The summed E-state index contributed by atoms with van der Waals surface area (Å²) in [4.78, 5) is 29.8. The van der Waals surface area contributed by atoms with Crippen molar-refractivity contribution < 1.29 is 23.5 Å². The van der Waals surface area contributed by atoms with E-state index in [1.165, 1.54) is 11.3 Å². The third-order valence-corrected chi connectivity index (χ3v) is 4.45. The van der Waals surface area contributed by atoms with Crippen LogP contribution in [-0.4, -0.2) is 54.7 Å². The van der Waals surface area contributed by atoms with E-state index in [1.807, 2.05) is 19.1 Å². The summed E-state index contributed by atoms with van der Waals surface area (Å²) >= 11 is 1.40. The van der Waals surface area contributed by atoms with Crippen molar-refractivity contribution in [3.05, 3.63) is 29.0 Å². The molecule has 3 heterocycles. The van der Waals surface area contributed by atoms with Crippen molar-refractivity contribution >= 4 is 23.2 Å². The molecule has 0 radical (unpaired) electrons. The fraction of sp³-hybridized carbons (Fsp3) is 0.438. The summed E-state index contributed by atoms with van der Waals surface area (Å²) in [5, 5.41) is 2.51. The first-order valence-corrected chi connectivity index (χ1v) is 8.52. The number of morpholine rings is 1. The lowest BCUT2D eigenvalue weighted by Gasteiger charge is -2.26. The molecular formula is C16H18N2O5S. The molecule has 0 aliphatic carbocycles. The third-order valence-electron chi connectivity index (χ3n) is 3.55. The van der Waals surface area contributed by atoms with Crippen LogP contribution < -0.4 is 0 Å². The lowest BCUT2D eigenvalue weighted by Crippen LogP contribution is -2.42. The number of esters is 1. The molecule has 0 N–H and O–H groups in total. The number of thiazole rings is 1. The molecule has 0 saturated carbocycles. The van der Waals surface area contributed by atoms with Gasteiger partial charge in [0.15, 0.2) is 17.4 Å². The van der Waals surface area contributed by atoms with Crippen molar-refractivity contribution in [3.63, 3.8) is 0 Å². The van der Waals surface area contributed by atoms with Crippen LogP contribution in [0.15, 0.2) is 21.9 Å². The van der Waals surface area contributed by atoms with Crippen LogP contribution in [0.1, 0.15) is 11.5 Å². The Balaban J connectivity index is 1.48. The summed E-state index contributed by atoms with van der Waals surface area (Å²) in [7, 11) is 0. The molecule has 0 spiro atoms. The first-order valence-electron chi connectivity index (χ1n) is 7.64. The maximum atomic E-state index is 11.9. The summed E-state index contributed by atoms with van der Waals surface area (Å²) in [5.41, 5.74) is 0.605. The molecule has 1 fully saturated rings. The predicted molar refractivity (Wildman–Crippen MR) is 86.6 cm³/mol. The van der Waals surface area contributed by atoms with Crippen molar-refractivity contribution in [2.75, 3.05) is 32.9 Å². The minimum absolute atomic E-state index is 0.0343. The first kappa shape index (κ1) is 16.7. The number of aromatic nitrogens is 1. The van der Waals surface area contributed by atoms with Gasteiger partial charge in [-0.15, -0.1) is 11.3 Å². The van der Waals surface area contributed by atoms with Gasteiger partial charge < -0.3 is 18.8 Å². The summed E-state index contributed by atoms with van der Waals surface area (Å²) in [6.07, 6.45) is 0.0343. The van der Waals surface area contributed by atoms with E-state index in [-0.39, 0.29) is 18.9 Å². The van der Waals surface area contributed by atoms with E-state index in [2.05, 4.69) is 4.98 Å². The highest BCUT2D eigenvalue weighted by Gasteiger charge is 2.19. The highest BCUT2D eigenvalue weighted by molar-refractivity contribution is 7.13. The molecular weight excluding hydrogens is 332 g/mol. The zero-order chi connectivity index (χ0) is 16.9. The van der Waals surface area contributed by atoms with Crippen LogP contribution in [0.2, 0.25) is 0 Å². The van der Waals surface area contributed by atoms with E-state index in [4.69, 9.17) is 13.9 Å². The molecule has 0 unspecified atom stereocenters. The molecule has 2 aromatic rings. The highest BCUT2D eigenvalue weighted by atomic mass is 32.1. The molecule has 24 heavy (non-hydrogen) atoms. The molecule has 8 heteroatoms. The van der Waals surface area contributed by atoms with E-state index in [9.17, 15) is 9.59 Å². The molecule has 0 atom stereocenters. The van der Waals surface area contributed by atoms with Gasteiger partial charge in [-0.05, 0) is 19.1 Å². The number of carbonyl (C=O) groups is 2. The van der Waals surface area contributed by atoms with Crippen LogP contribution in [0.4, 0.5) is 0 Å². The highest BCUT2D eigenvalue weighted by Crippen LogP contribution is 2.25. The summed E-state index contributed by atoms with van der Waals surface area (Å²) in [6, 6.07) is 3.71. The molecule has 128 valence electrons. The predicted octanol–water partition coefficient (Wildman–Crippen LogP) is 1.66. The number of amides is 1. The summed E-state index contributed by atoms with van der Waals surface area (Å²) in [5.74, 6) is 0.822. The number of ether oxygens (including phenoxy) is 2. The van der Waals surface area contributed by atoms with Crippen LogP contribution in [0.25, 0.3) is 10.8 Å². The van der Waals surface area contributed by atoms with Crippen molar-refractivity contribution in [2.24, 2.45) is 0 Å². The smallest absolute Gasteiger partial charge is 0.312 e. The second kappa shape index (κ2) is 7.59. The number of hydrogen-bond acceptors (Lipinski definition) is 7. The number of rotatable bonds is 5. The molecule has 7 nitrogen and oxygen atoms in total. The average Bonchev–Trinajstić information content (AvgIpc) is 3.22. The number of hydrogen-bond donors (Lipinski definition) is 0. The summed E-state index contributed by atoms with van der Waals surface area (Å²) in [6.45, 7) is 3.73. The Morgan fingerprint density at radius 1 is 1.33 bits per heavy atom. The van der Waals surface area contributed by atoms with Gasteiger partial charge in [0.25, 0.3) is 5.91 Å². The topological polar surface area (TPSA) is 81.9 Å². The van der Waals surface area contributed by atoms with Gasteiger partial charge in [-0.1, -0.05) is 0 Å². The van der Waals surface area contributed by atoms with Crippen LogP contribution in [0.3, 0.4) is 0 Å². The van der Waals surface area contributed by atoms with Gasteiger partial charge in [0.1, 0.15) is 5.76 Å².